The van der Waals surface area contributed by atoms with E-state index in [1.54, 1.807) is 0 Å². The van der Waals surface area contributed by atoms with Crippen LogP contribution in [-0.2, 0) is 6.18 Å². The first-order valence-electron chi connectivity index (χ1n) is 5.41. The third-order valence-corrected chi connectivity index (χ3v) is 3.28. The minimum Gasteiger partial charge on any atom is -0.324 e. The summed E-state index contributed by atoms with van der Waals surface area (Å²) in [7, 11) is 0. The van der Waals surface area contributed by atoms with Crippen molar-refractivity contribution in [2.45, 2.75) is 31.5 Å². The summed E-state index contributed by atoms with van der Waals surface area (Å²) in [6.07, 6.45) is -0.914. The molecule has 0 aliphatic heterocycles. The summed E-state index contributed by atoms with van der Waals surface area (Å²) in [6.45, 7) is 0. The van der Waals surface area contributed by atoms with Crippen LogP contribution >= 0.6 is 12.4 Å². The summed E-state index contributed by atoms with van der Waals surface area (Å²) in [6, 6.07) is 5.08. The van der Waals surface area contributed by atoms with Crippen LogP contribution in [0.1, 0.15) is 36.4 Å². The van der Waals surface area contributed by atoms with E-state index in [1.165, 1.54) is 18.6 Å². The van der Waals surface area contributed by atoms with Crippen LogP contribution in [0.5, 0.6) is 0 Å². The number of nitrogens with two attached hydrogens (primary N) is 1. The van der Waals surface area contributed by atoms with E-state index in [1.807, 2.05) is 0 Å². The van der Waals surface area contributed by atoms with Crippen molar-refractivity contribution in [1.82, 2.24) is 0 Å². The molecule has 2 N–H and O–H groups in total. The Labute approximate surface area is 105 Å². The van der Waals surface area contributed by atoms with E-state index in [0.29, 0.717) is 5.92 Å². The molecule has 17 heavy (non-hydrogen) atoms. The fraction of sp³-hybridized carbons (Fsp3) is 0.500. The summed E-state index contributed by atoms with van der Waals surface area (Å²) < 4.78 is 37.0. The Morgan fingerprint density at radius 2 is 1.65 bits per heavy atom. The quantitative estimate of drug-likeness (QED) is 0.862. The lowest BCUT2D eigenvalue weighted by molar-refractivity contribution is -0.137. The van der Waals surface area contributed by atoms with Crippen LogP contribution in [0.2, 0.25) is 0 Å². The van der Waals surface area contributed by atoms with Gasteiger partial charge in [-0.15, -0.1) is 12.4 Å². The lowest BCUT2D eigenvalue weighted by Crippen LogP contribution is -2.26. The van der Waals surface area contributed by atoms with Crippen molar-refractivity contribution in [3.63, 3.8) is 0 Å². The Morgan fingerprint density at radius 3 is 2.00 bits per heavy atom. The van der Waals surface area contributed by atoms with Crippen LogP contribution < -0.4 is 5.73 Å². The predicted molar refractivity (Wildman–Crippen MR) is 63.0 cm³/mol. The standard InChI is InChI=1S/C12H14F3N.ClH/c13-12(14,15)10-6-4-9(5-7-10)11(16)8-2-1-3-8;/h4-8,11H,1-3,16H2;1H/t11-;/m0./s1. The zero-order valence-corrected chi connectivity index (χ0v) is 10.0. The molecule has 1 aromatic carbocycles. The first-order valence-corrected chi connectivity index (χ1v) is 5.41. The van der Waals surface area contributed by atoms with Crippen molar-refractivity contribution in [3.05, 3.63) is 35.4 Å². The van der Waals surface area contributed by atoms with Gasteiger partial charge in [-0.3, -0.25) is 0 Å². The van der Waals surface area contributed by atoms with Crippen LogP contribution in [-0.4, -0.2) is 0 Å². The summed E-state index contributed by atoms with van der Waals surface area (Å²) in [5.74, 6) is 0.441. The highest BCUT2D eigenvalue weighted by molar-refractivity contribution is 5.85. The Morgan fingerprint density at radius 1 is 1.12 bits per heavy atom. The van der Waals surface area contributed by atoms with Crippen molar-refractivity contribution in [1.29, 1.82) is 0 Å². The first kappa shape index (κ1) is 14.3. The van der Waals surface area contributed by atoms with Crippen molar-refractivity contribution in [2.24, 2.45) is 11.7 Å². The van der Waals surface area contributed by atoms with Gasteiger partial charge in [0, 0.05) is 6.04 Å². The largest absolute Gasteiger partial charge is 0.416 e. The van der Waals surface area contributed by atoms with E-state index < -0.39 is 11.7 Å². The summed E-state index contributed by atoms with van der Waals surface area (Å²) in [5.41, 5.74) is 6.17. The number of rotatable bonds is 2. The van der Waals surface area contributed by atoms with Gasteiger partial charge in [0.05, 0.1) is 5.56 Å². The Hall–Kier alpha value is -0.740. The molecule has 1 aliphatic carbocycles. The maximum Gasteiger partial charge on any atom is 0.416 e. The molecule has 5 heteroatoms. The van der Waals surface area contributed by atoms with Gasteiger partial charge >= 0.3 is 6.18 Å². The molecule has 0 aromatic heterocycles. The average Bonchev–Trinajstić information content (AvgIpc) is 2.14. The molecule has 1 aliphatic rings. The smallest absolute Gasteiger partial charge is 0.324 e. The minimum absolute atomic E-state index is 0. The van der Waals surface area contributed by atoms with Gasteiger partial charge in [0.1, 0.15) is 0 Å². The highest BCUT2D eigenvalue weighted by Gasteiger charge is 2.31. The highest BCUT2D eigenvalue weighted by Crippen LogP contribution is 2.37. The molecular formula is C12H15ClF3N. The van der Waals surface area contributed by atoms with Crippen LogP contribution in [0.3, 0.4) is 0 Å². The third kappa shape index (κ3) is 3.13. The Balaban J connectivity index is 0.00000144. The SMILES string of the molecule is Cl.N[C@H](c1ccc(C(F)(F)F)cc1)C1CCC1. The van der Waals surface area contributed by atoms with Crippen molar-refractivity contribution in [3.8, 4) is 0 Å². The van der Waals surface area contributed by atoms with Crippen molar-refractivity contribution in [2.75, 3.05) is 0 Å². The third-order valence-electron chi connectivity index (χ3n) is 3.28. The van der Waals surface area contributed by atoms with E-state index in [9.17, 15) is 13.2 Å². The van der Waals surface area contributed by atoms with Crippen molar-refractivity contribution >= 4 is 12.4 Å². The number of benzene rings is 1. The molecule has 0 radical (unpaired) electrons. The number of hydrogen-bond donors (Lipinski definition) is 1. The molecule has 96 valence electrons. The highest BCUT2D eigenvalue weighted by atomic mass is 35.5. The van der Waals surface area contributed by atoms with Gasteiger partial charge in [-0.05, 0) is 36.5 Å². The Bertz CT molecular complexity index is 357. The molecule has 1 fully saturated rings. The molecule has 1 saturated carbocycles. The molecule has 1 aromatic rings. The van der Waals surface area contributed by atoms with Crippen LogP contribution in [0.25, 0.3) is 0 Å². The van der Waals surface area contributed by atoms with Crippen LogP contribution in [0.4, 0.5) is 13.2 Å². The number of hydrogen-bond acceptors (Lipinski definition) is 1. The fourth-order valence-corrected chi connectivity index (χ4v) is 1.97. The summed E-state index contributed by atoms with van der Waals surface area (Å²) in [4.78, 5) is 0. The molecule has 0 saturated heterocycles. The molecule has 0 bridgehead atoms. The lowest BCUT2D eigenvalue weighted by Gasteiger charge is -2.31. The topological polar surface area (TPSA) is 26.0 Å². The van der Waals surface area contributed by atoms with Crippen LogP contribution in [0, 0.1) is 5.92 Å². The minimum atomic E-state index is -4.26. The van der Waals surface area contributed by atoms with E-state index in [-0.39, 0.29) is 18.4 Å². The first-order chi connectivity index (χ1) is 7.48. The van der Waals surface area contributed by atoms with Gasteiger partial charge in [0.15, 0.2) is 0 Å². The molecule has 0 spiro atoms. The monoisotopic (exact) mass is 265 g/mol. The molecule has 0 heterocycles. The number of alkyl halides is 3. The summed E-state index contributed by atoms with van der Waals surface area (Å²) >= 11 is 0. The molecule has 0 amide bonds. The van der Waals surface area contributed by atoms with Gasteiger partial charge in [0.2, 0.25) is 0 Å². The predicted octanol–water partition coefficient (Wildman–Crippen LogP) is 3.93. The molecule has 0 unspecified atom stereocenters. The molecule has 1 atom stereocenters. The molecule has 1 nitrogen and oxygen atoms in total. The Kier molecular flexibility index (Phi) is 4.44. The van der Waals surface area contributed by atoms with Gasteiger partial charge in [0.25, 0.3) is 0 Å². The maximum absolute atomic E-state index is 12.3. The van der Waals surface area contributed by atoms with E-state index in [0.717, 1.165) is 30.5 Å². The van der Waals surface area contributed by atoms with Crippen LogP contribution in [0.15, 0.2) is 24.3 Å². The van der Waals surface area contributed by atoms with Crippen molar-refractivity contribution < 1.29 is 13.2 Å². The van der Waals surface area contributed by atoms with E-state index in [2.05, 4.69) is 0 Å². The normalized spacial score (nSPS) is 18.1. The van der Waals surface area contributed by atoms with Gasteiger partial charge < -0.3 is 5.73 Å². The zero-order valence-electron chi connectivity index (χ0n) is 9.20. The maximum atomic E-state index is 12.3. The number of halogens is 4. The van der Waals surface area contributed by atoms with Gasteiger partial charge in [-0.1, -0.05) is 18.6 Å². The van der Waals surface area contributed by atoms with E-state index >= 15 is 0 Å². The second-order valence-electron chi connectivity index (χ2n) is 4.34. The van der Waals surface area contributed by atoms with Gasteiger partial charge in [-0.2, -0.15) is 13.2 Å². The van der Waals surface area contributed by atoms with Gasteiger partial charge in [-0.25, -0.2) is 0 Å². The fourth-order valence-electron chi connectivity index (χ4n) is 1.97. The van der Waals surface area contributed by atoms with E-state index in [4.69, 9.17) is 5.73 Å². The molecule has 2 rings (SSSR count). The molecular weight excluding hydrogens is 251 g/mol. The lowest BCUT2D eigenvalue weighted by atomic mass is 9.77. The zero-order chi connectivity index (χ0) is 11.8. The summed E-state index contributed by atoms with van der Waals surface area (Å²) in [5, 5.41) is 0. The second-order valence-corrected chi connectivity index (χ2v) is 4.34. The average molecular weight is 266 g/mol. The second kappa shape index (κ2) is 5.27.